The number of furan rings is 1. The zero-order valence-corrected chi connectivity index (χ0v) is 24.9. The Morgan fingerprint density at radius 3 is 1.64 bits per heavy atom. The molecule has 220 valence electrons. The smallest absolute Gasteiger partial charge is 0.164 e. The Balaban J connectivity index is 1.25. The fourth-order valence-corrected chi connectivity index (χ4v) is 5.93. The van der Waals surface area contributed by atoms with Crippen molar-refractivity contribution in [3.8, 4) is 56.8 Å². The van der Waals surface area contributed by atoms with Gasteiger partial charge in [0.05, 0.1) is 16.7 Å². The summed E-state index contributed by atoms with van der Waals surface area (Å²) >= 11 is 0. The van der Waals surface area contributed by atoms with E-state index in [1.54, 1.807) is 6.20 Å². The van der Waals surface area contributed by atoms with E-state index in [9.17, 15) is 0 Å². The summed E-state index contributed by atoms with van der Waals surface area (Å²) in [5.74, 6) is 1.77. The summed E-state index contributed by atoms with van der Waals surface area (Å²) < 4.78 is 6.39. The molecule has 0 saturated carbocycles. The first-order chi connectivity index (χ1) is 23.3. The molecule has 0 aliphatic rings. The highest BCUT2D eigenvalue weighted by molar-refractivity contribution is 6.09. The quantitative estimate of drug-likeness (QED) is 0.193. The number of hydrogen-bond donors (Lipinski definition) is 0. The number of nitrogens with zero attached hydrogens (tertiary/aromatic N) is 6. The first-order valence-electron chi connectivity index (χ1n) is 15.3. The topological polar surface area (TPSA) is 90.5 Å². The molecule has 7 heteroatoms. The lowest BCUT2D eigenvalue weighted by molar-refractivity contribution is 0.668. The van der Waals surface area contributed by atoms with Gasteiger partial charge in [0.1, 0.15) is 17.0 Å². The molecule has 0 fully saturated rings. The van der Waals surface area contributed by atoms with Crippen LogP contribution in [-0.2, 0) is 0 Å². The Morgan fingerprint density at radius 2 is 0.936 bits per heavy atom. The Hall–Kier alpha value is -6.60. The molecule has 9 rings (SSSR count). The molecule has 0 unspecified atom stereocenters. The molecule has 0 aliphatic heterocycles. The van der Waals surface area contributed by atoms with Gasteiger partial charge in [-0.15, -0.1) is 0 Å². The monoisotopic (exact) mass is 604 g/mol. The molecule has 0 saturated heterocycles. The van der Waals surface area contributed by atoms with Crippen LogP contribution < -0.4 is 0 Å². The third kappa shape index (κ3) is 4.78. The highest BCUT2D eigenvalue weighted by Gasteiger charge is 2.21. The number of para-hydroxylation sites is 3. The standard InChI is InChI=1S/C40H24N6O/c1-3-12-25(13-4-1)38-44-39(26-14-5-2-6-15-26)46-40(45-38)28-17-11-16-27(24-28)34-35(43-32-20-9-8-19-31(32)42-34)36-37-30(22-23-41-36)29-18-7-10-21-33(29)47-37/h1-24H. The first-order valence-corrected chi connectivity index (χ1v) is 15.3. The second-order valence-electron chi connectivity index (χ2n) is 11.2. The van der Waals surface area contributed by atoms with Crippen molar-refractivity contribution in [3.05, 3.63) is 146 Å². The molecule has 0 spiro atoms. The molecule has 0 atom stereocenters. The van der Waals surface area contributed by atoms with Crippen LogP contribution >= 0.6 is 0 Å². The van der Waals surface area contributed by atoms with Gasteiger partial charge in [0.2, 0.25) is 0 Å². The van der Waals surface area contributed by atoms with Gasteiger partial charge < -0.3 is 4.42 Å². The van der Waals surface area contributed by atoms with Crippen molar-refractivity contribution in [2.45, 2.75) is 0 Å². The van der Waals surface area contributed by atoms with Crippen LogP contribution in [-0.4, -0.2) is 29.9 Å². The molecule has 9 aromatic rings. The van der Waals surface area contributed by atoms with Crippen molar-refractivity contribution in [1.82, 2.24) is 29.9 Å². The van der Waals surface area contributed by atoms with Gasteiger partial charge in [-0.25, -0.2) is 24.9 Å². The van der Waals surface area contributed by atoms with Crippen LogP contribution in [0.4, 0.5) is 0 Å². The number of pyridine rings is 1. The summed E-state index contributed by atoms with van der Waals surface area (Å²) in [6.45, 7) is 0. The molecular formula is C40H24N6O. The zero-order chi connectivity index (χ0) is 31.2. The second kappa shape index (κ2) is 11.1. The van der Waals surface area contributed by atoms with Crippen LogP contribution in [0.1, 0.15) is 0 Å². The summed E-state index contributed by atoms with van der Waals surface area (Å²) in [6, 6.07) is 45.9. The SMILES string of the molecule is c1ccc(-c2nc(-c3ccccc3)nc(-c3cccc(-c4nc5ccccc5nc4-c4nccc5c4oc4ccccc45)c3)n2)cc1. The average Bonchev–Trinajstić information content (AvgIpc) is 3.54. The lowest BCUT2D eigenvalue weighted by Gasteiger charge is -2.12. The summed E-state index contributed by atoms with van der Waals surface area (Å²) in [4.78, 5) is 29.8. The van der Waals surface area contributed by atoms with Crippen molar-refractivity contribution in [2.75, 3.05) is 0 Å². The van der Waals surface area contributed by atoms with Crippen LogP contribution in [0.25, 0.3) is 89.8 Å². The van der Waals surface area contributed by atoms with E-state index in [0.717, 1.165) is 49.6 Å². The van der Waals surface area contributed by atoms with Gasteiger partial charge in [-0.1, -0.05) is 109 Å². The summed E-state index contributed by atoms with van der Waals surface area (Å²) in [6.07, 6.45) is 1.80. The Labute approximate surface area is 269 Å². The summed E-state index contributed by atoms with van der Waals surface area (Å²) in [5, 5.41) is 2.01. The average molecular weight is 605 g/mol. The number of rotatable bonds is 5. The van der Waals surface area contributed by atoms with Crippen molar-refractivity contribution >= 4 is 33.0 Å². The van der Waals surface area contributed by atoms with Crippen molar-refractivity contribution in [3.63, 3.8) is 0 Å². The molecule has 5 aromatic carbocycles. The van der Waals surface area contributed by atoms with E-state index in [-0.39, 0.29) is 0 Å². The fourth-order valence-electron chi connectivity index (χ4n) is 5.93. The lowest BCUT2D eigenvalue weighted by Crippen LogP contribution is -2.01. The molecule has 0 bridgehead atoms. The largest absolute Gasteiger partial charge is 0.454 e. The van der Waals surface area contributed by atoms with Crippen LogP contribution in [0.15, 0.2) is 150 Å². The first kappa shape index (κ1) is 26.8. The van der Waals surface area contributed by atoms with E-state index in [4.69, 9.17) is 34.3 Å². The van der Waals surface area contributed by atoms with Gasteiger partial charge in [-0.2, -0.15) is 0 Å². The van der Waals surface area contributed by atoms with E-state index < -0.39 is 0 Å². The van der Waals surface area contributed by atoms with E-state index in [1.165, 1.54) is 0 Å². The number of hydrogen-bond acceptors (Lipinski definition) is 7. The molecule has 7 nitrogen and oxygen atoms in total. The molecule has 0 aliphatic carbocycles. The van der Waals surface area contributed by atoms with E-state index >= 15 is 0 Å². The Bertz CT molecular complexity index is 2520. The normalized spacial score (nSPS) is 11.4. The Kier molecular flexibility index (Phi) is 6.31. The van der Waals surface area contributed by atoms with Crippen LogP contribution in [0, 0.1) is 0 Å². The molecule has 47 heavy (non-hydrogen) atoms. The maximum Gasteiger partial charge on any atom is 0.164 e. The predicted octanol–water partition coefficient (Wildman–Crippen LogP) is 9.44. The minimum atomic E-state index is 0.562. The predicted molar refractivity (Wildman–Crippen MR) is 185 cm³/mol. The van der Waals surface area contributed by atoms with Crippen LogP contribution in [0.5, 0.6) is 0 Å². The van der Waals surface area contributed by atoms with Gasteiger partial charge in [0.25, 0.3) is 0 Å². The number of aromatic nitrogens is 6. The maximum absolute atomic E-state index is 6.39. The molecule has 4 aromatic heterocycles. The minimum absolute atomic E-state index is 0.562. The Morgan fingerprint density at radius 1 is 0.383 bits per heavy atom. The molecule has 0 radical (unpaired) electrons. The summed E-state index contributed by atoms with van der Waals surface area (Å²) in [7, 11) is 0. The van der Waals surface area contributed by atoms with E-state index in [2.05, 4.69) is 12.1 Å². The van der Waals surface area contributed by atoms with E-state index in [0.29, 0.717) is 40.1 Å². The van der Waals surface area contributed by atoms with Crippen molar-refractivity contribution < 1.29 is 4.42 Å². The number of fused-ring (bicyclic) bond motifs is 4. The van der Waals surface area contributed by atoms with Crippen LogP contribution in [0.2, 0.25) is 0 Å². The van der Waals surface area contributed by atoms with Crippen molar-refractivity contribution in [1.29, 1.82) is 0 Å². The maximum atomic E-state index is 6.39. The van der Waals surface area contributed by atoms with Gasteiger partial charge >= 0.3 is 0 Å². The fraction of sp³-hybridized carbons (Fsp3) is 0. The lowest BCUT2D eigenvalue weighted by atomic mass is 10.0. The summed E-state index contributed by atoms with van der Waals surface area (Å²) in [5.41, 5.74) is 8.50. The molecule has 4 heterocycles. The highest BCUT2D eigenvalue weighted by atomic mass is 16.3. The second-order valence-corrected chi connectivity index (χ2v) is 11.2. The molecule has 0 N–H and O–H groups in total. The van der Waals surface area contributed by atoms with Gasteiger partial charge in [0, 0.05) is 39.2 Å². The van der Waals surface area contributed by atoms with Gasteiger partial charge in [-0.3, -0.25) is 4.98 Å². The third-order valence-electron chi connectivity index (χ3n) is 8.18. The van der Waals surface area contributed by atoms with Crippen LogP contribution in [0.3, 0.4) is 0 Å². The highest BCUT2D eigenvalue weighted by Crippen LogP contribution is 2.38. The van der Waals surface area contributed by atoms with Gasteiger partial charge in [-0.05, 0) is 30.3 Å². The van der Waals surface area contributed by atoms with E-state index in [1.807, 2.05) is 127 Å². The zero-order valence-electron chi connectivity index (χ0n) is 24.9. The third-order valence-corrected chi connectivity index (χ3v) is 8.18. The van der Waals surface area contributed by atoms with Crippen molar-refractivity contribution in [2.24, 2.45) is 0 Å². The van der Waals surface area contributed by atoms with Gasteiger partial charge in [0.15, 0.2) is 23.1 Å². The molecular weight excluding hydrogens is 580 g/mol. The molecule has 0 amide bonds. The minimum Gasteiger partial charge on any atom is -0.454 e. The number of benzene rings is 5.